The molecule has 1 atom stereocenters. The summed E-state index contributed by atoms with van der Waals surface area (Å²) in [5.74, 6) is 1.99. The summed E-state index contributed by atoms with van der Waals surface area (Å²) >= 11 is 1.86. The van der Waals surface area contributed by atoms with Gasteiger partial charge in [0.2, 0.25) is 0 Å². The maximum absolute atomic E-state index is 11.1. The van der Waals surface area contributed by atoms with Gasteiger partial charge in [0.15, 0.2) is 0 Å². The van der Waals surface area contributed by atoms with E-state index in [0.29, 0.717) is 11.3 Å². The average Bonchev–Trinajstić information content (AvgIpc) is 2.39. The molecule has 1 saturated heterocycles. The van der Waals surface area contributed by atoms with Crippen LogP contribution in [0, 0.1) is 10.1 Å². The highest BCUT2D eigenvalue weighted by molar-refractivity contribution is 7.99. The lowest BCUT2D eigenvalue weighted by Crippen LogP contribution is -2.32. The van der Waals surface area contributed by atoms with Gasteiger partial charge in [-0.1, -0.05) is 6.07 Å². The number of nitro benzene ring substituents is 1. The number of rotatable bonds is 3. The maximum Gasteiger partial charge on any atom is 0.292 e. The minimum Gasteiger partial charge on any atom is -0.389 e. The lowest BCUT2D eigenvalue weighted by atomic mass is 10.1. The van der Waals surface area contributed by atoms with Crippen LogP contribution in [-0.4, -0.2) is 34.6 Å². The summed E-state index contributed by atoms with van der Waals surface area (Å²) in [7, 11) is 0. The first kappa shape index (κ1) is 13.2. The molecule has 0 radical (unpaired) electrons. The summed E-state index contributed by atoms with van der Waals surface area (Å²) in [4.78, 5) is 12.8. The van der Waals surface area contributed by atoms with E-state index in [2.05, 4.69) is 0 Å². The van der Waals surface area contributed by atoms with Gasteiger partial charge in [-0.15, -0.1) is 0 Å². The zero-order valence-electron chi connectivity index (χ0n) is 10.2. The first-order valence-electron chi connectivity index (χ1n) is 5.88. The minimum absolute atomic E-state index is 0.0836. The SMILES string of the molecule is CC(O)c1ccc(N2CCSCC2)c([N+](=O)[O-])c1. The maximum atomic E-state index is 11.1. The van der Waals surface area contributed by atoms with Gasteiger partial charge in [0.25, 0.3) is 5.69 Å². The molecule has 0 saturated carbocycles. The Morgan fingerprint density at radius 3 is 2.67 bits per heavy atom. The third-order valence-corrected chi connectivity index (χ3v) is 3.97. The third-order valence-electron chi connectivity index (χ3n) is 3.03. The van der Waals surface area contributed by atoms with Gasteiger partial charge in [0, 0.05) is 30.7 Å². The molecular formula is C12H16N2O3S. The van der Waals surface area contributed by atoms with E-state index in [0.717, 1.165) is 24.6 Å². The number of nitro groups is 1. The van der Waals surface area contributed by atoms with Crippen LogP contribution in [0.3, 0.4) is 0 Å². The highest BCUT2D eigenvalue weighted by atomic mass is 32.2. The van der Waals surface area contributed by atoms with E-state index in [9.17, 15) is 15.2 Å². The van der Waals surface area contributed by atoms with Crippen molar-refractivity contribution in [2.75, 3.05) is 29.5 Å². The lowest BCUT2D eigenvalue weighted by Gasteiger charge is -2.28. The highest BCUT2D eigenvalue weighted by Gasteiger charge is 2.22. The number of thioether (sulfide) groups is 1. The number of nitrogens with zero attached hydrogens (tertiary/aromatic N) is 2. The molecule has 6 heteroatoms. The Labute approximate surface area is 110 Å². The molecule has 2 rings (SSSR count). The van der Waals surface area contributed by atoms with Gasteiger partial charge in [0.05, 0.1) is 11.0 Å². The van der Waals surface area contributed by atoms with Crippen molar-refractivity contribution in [3.05, 3.63) is 33.9 Å². The fourth-order valence-corrected chi connectivity index (χ4v) is 2.92. The molecule has 0 aliphatic carbocycles. The Morgan fingerprint density at radius 2 is 2.11 bits per heavy atom. The monoisotopic (exact) mass is 268 g/mol. The molecule has 0 bridgehead atoms. The molecule has 98 valence electrons. The van der Waals surface area contributed by atoms with Crippen LogP contribution in [0.1, 0.15) is 18.6 Å². The van der Waals surface area contributed by atoms with Gasteiger partial charge in [-0.05, 0) is 18.6 Å². The average molecular weight is 268 g/mol. The van der Waals surface area contributed by atoms with Gasteiger partial charge in [0.1, 0.15) is 5.69 Å². The van der Waals surface area contributed by atoms with Gasteiger partial charge in [-0.2, -0.15) is 11.8 Å². The van der Waals surface area contributed by atoms with Crippen molar-refractivity contribution in [1.82, 2.24) is 0 Å². The molecule has 5 nitrogen and oxygen atoms in total. The van der Waals surface area contributed by atoms with Gasteiger partial charge < -0.3 is 10.0 Å². The van der Waals surface area contributed by atoms with Crippen molar-refractivity contribution >= 4 is 23.1 Å². The van der Waals surface area contributed by atoms with E-state index in [1.165, 1.54) is 6.07 Å². The molecule has 1 aliphatic heterocycles. The Bertz CT molecular complexity index is 445. The lowest BCUT2D eigenvalue weighted by molar-refractivity contribution is -0.384. The smallest absolute Gasteiger partial charge is 0.292 e. The first-order chi connectivity index (χ1) is 8.59. The summed E-state index contributed by atoms with van der Waals surface area (Å²) in [6, 6.07) is 4.98. The predicted molar refractivity (Wildman–Crippen MR) is 73.3 cm³/mol. The second kappa shape index (κ2) is 5.58. The van der Waals surface area contributed by atoms with Crippen LogP contribution in [-0.2, 0) is 0 Å². The number of hydrogen-bond acceptors (Lipinski definition) is 5. The second-order valence-corrected chi connectivity index (χ2v) is 5.51. The van der Waals surface area contributed by atoms with Crippen LogP contribution in [0.15, 0.2) is 18.2 Å². The summed E-state index contributed by atoms with van der Waals surface area (Å²) in [5.41, 5.74) is 1.32. The van der Waals surface area contributed by atoms with E-state index in [1.54, 1.807) is 19.1 Å². The van der Waals surface area contributed by atoms with Gasteiger partial charge in [-0.3, -0.25) is 10.1 Å². The molecule has 1 aromatic carbocycles. The molecule has 18 heavy (non-hydrogen) atoms. The molecule has 0 spiro atoms. The number of aliphatic hydroxyl groups is 1. The number of aliphatic hydroxyl groups excluding tert-OH is 1. The van der Waals surface area contributed by atoms with Crippen molar-refractivity contribution in [2.45, 2.75) is 13.0 Å². The largest absolute Gasteiger partial charge is 0.389 e. The fraction of sp³-hybridized carbons (Fsp3) is 0.500. The molecule has 1 fully saturated rings. The van der Waals surface area contributed by atoms with Crippen molar-refractivity contribution in [3.8, 4) is 0 Å². The van der Waals surface area contributed by atoms with E-state index < -0.39 is 6.10 Å². The molecule has 1 N–H and O–H groups in total. The van der Waals surface area contributed by atoms with E-state index >= 15 is 0 Å². The zero-order valence-corrected chi connectivity index (χ0v) is 11.0. The van der Waals surface area contributed by atoms with Crippen molar-refractivity contribution in [1.29, 1.82) is 0 Å². The van der Waals surface area contributed by atoms with Crippen LogP contribution in [0.5, 0.6) is 0 Å². The highest BCUT2D eigenvalue weighted by Crippen LogP contribution is 2.32. The quantitative estimate of drug-likeness (QED) is 0.672. The van der Waals surface area contributed by atoms with E-state index in [4.69, 9.17) is 0 Å². The van der Waals surface area contributed by atoms with Gasteiger partial charge in [-0.25, -0.2) is 0 Å². The summed E-state index contributed by atoms with van der Waals surface area (Å²) < 4.78 is 0. The summed E-state index contributed by atoms with van der Waals surface area (Å²) in [6.07, 6.45) is -0.685. The van der Waals surface area contributed by atoms with Crippen molar-refractivity contribution < 1.29 is 10.0 Å². The minimum atomic E-state index is -0.685. The van der Waals surface area contributed by atoms with Gasteiger partial charge >= 0.3 is 0 Å². The topological polar surface area (TPSA) is 66.6 Å². The van der Waals surface area contributed by atoms with Crippen LogP contribution < -0.4 is 4.90 Å². The van der Waals surface area contributed by atoms with Crippen LogP contribution >= 0.6 is 11.8 Å². The zero-order chi connectivity index (χ0) is 13.1. The van der Waals surface area contributed by atoms with Crippen LogP contribution in [0.4, 0.5) is 11.4 Å². The molecule has 1 unspecified atom stereocenters. The van der Waals surface area contributed by atoms with Crippen molar-refractivity contribution in [3.63, 3.8) is 0 Å². The Kier molecular flexibility index (Phi) is 4.08. The predicted octanol–water partition coefficient (Wildman–Crippen LogP) is 2.20. The molecular weight excluding hydrogens is 252 g/mol. The standard InChI is InChI=1S/C12H16N2O3S/c1-9(15)10-2-3-11(12(8-10)14(16)17)13-4-6-18-7-5-13/h2-3,8-9,15H,4-7H2,1H3. The summed E-state index contributed by atoms with van der Waals surface area (Å²) in [6.45, 7) is 3.27. The first-order valence-corrected chi connectivity index (χ1v) is 7.04. The fourth-order valence-electron chi connectivity index (χ4n) is 2.02. The number of hydrogen-bond donors (Lipinski definition) is 1. The molecule has 1 aromatic rings. The van der Waals surface area contributed by atoms with E-state index in [-0.39, 0.29) is 10.6 Å². The Balaban J connectivity index is 2.36. The molecule has 1 heterocycles. The van der Waals surface area contributed by atoms with Crippen molar-refractivity contribution in [2.24, 2.45) is 0 Å². The number of benzene rings is 1. The number of anilines is 1. The third kappa shape index (κ3) is 2.76. The second-order valence-electron chi connectivity index (χ2n) is 4.28. The molecule has 0 aromatic heterocycles. The molecule has 1 aliphatic rings. The Morgan fingerprint density at radius 1 is 1.44 bits per heavy atom. The Hall–Kier alpha value is -1.27. The molecule has 0 amide bonds. The summed E-state index contributed by atoms with van der Waals surface area (Å²) in [5, 5.41) is 20.6. The van der Waals surface area contributed by atoms with Crippen LogP contribution in [0.2, 0.25) is 0 Å². The van der Waals surface area contributed by atoms with E-state index in [1.807, 2.05) is 16.7 Å². The normalized spacial score (nSPS) is 17.6. The van der Waals surface area contributed by atoms with Crippen LogP contribution in [0.25, 0.3) is 0 Å².